The first-order chi connectivity index (χ1) is 16.6. The van der Waals surface area contributed by atoms with Gasteiger partial charge in [-0.25, -0.2) is 4.98 Å². The average Bonchev–Trinajstić information content (AvgIpc) is 3.10. The molecule has 0 spiro atoms. The molecule has 0 aliphatic heterocycles. The first kappa shape index (κ1) is 24.4. The van der Waals surface area contributed by atoms with Crippen LogP contribution < -0.4 is 10.3 Å². The number of halogens is 1. The molecule has 0 atom stereocenters. The van der Waals surface area contributed by atoms with E-state index in [4.69, 9.17) is 15.0 Å². The summed E-state index contributed by atoms with van der Waals surface area (Å²) in [6, 6.07) is 17.1. The number of hydrogen-bond acceptors (Lipinski definition) is 5. The summed E-state index contributed by atoms with van der Waals surface area (Å²) in [6.45, 7) is 10.1. The number of nitriles is 1. The van der Waals surface area contributed by atoms with E-state index in [2.05, 4.69) is 25.6 Å². The third-order valence-corrected chi connectivity index (χ3v) is 6.15. The highest BCUT2D eigenvalue weighted by Gasteiger charge is 2.23. The molecule has 178 valence electrons. The van der Waals surface area contributed by atoms with E-state index >= 15 is 0 Å². The quantitative estimate of drug-likeness (QED) is 0.311. The van der Waals surface area contributed by atoms with Gasteiger partial charge in [0.25, 0.3) is 5.56 Å². The molecule has 7 nitrogen and oxygen atoms in total. The van der Waals surface area contributed by atoms with Gasteiger partial charge in [0.15, 0.2) is 6.61 Å². The zero-order chi connectivity index (χ0) is 25.3. The molecule has 0 aliphatic rings. The Balaban J connectivity index is 1.77. The van der Waals surface area contributed by atoms with Gasteiger partial charge in [0.1, 0.15) is 17.6 Å². The Morgan fingerprint density at radius 3 is 2.51 bits per heavy atom. The van der Waals surface area contributed by atoms with Gasteiger partial charge >= 0.3 is 0 Å². The Morgan fingerprint density at radius 1 is 1.14 bits per heavy atom. The highest BCUT2D eigenvalue weighted by molar-refractivity contribution is 9.10. The number of ether oxygens (including phenoxy) is 1. The van der Waals surface area contributed by atoms with Gasteiger partial charge in [0.2, 0.25) is 0 Å². The highest BCUT2D eigenvalue weighted by atomic mass is 79.9. The maximum absolute atomic E-state index is 13.4. The van der Waals surface area contributed by atoms with E-state index in [1.807, 2.05) is 83.2 Å². The molecule has 0 fully saturated rings. The van der Waals surface area contributed by atoms with Crippen LogP contribution in [0.5, 0.6) is 5.75 Å². The topological polar surface area (TPSA) is 85.2 Å². The van der Waals surface area contributed by atoms with Gasteiger partial charge in [-0.1, -0.05) is 36.7 Å². The van der Waals surface area contributed by atoms with E-state index in [1.165, 1.54) is 4.68 Å². The molecule has 0 bridgehead atoms. The summed E-state index contributed by atoms with van der Waals surface area (Å²) in [7, 11) is 0. The standard InChI is InChI=1S/C27H26BrN5O2/c1-17-14-19(18(2)32(17)21-7-9-22(10-8-21)35-13-12-29)16-30-33-25(34)23-15-20(28)6-11-24(23)31-26(33)27(3,4)5/h6-11,14-16H,13H2,1-5H3. The van der Waals surface area contributed by atoms with Crippen molar-refractivity contribution in [3.05, 3.63) is 86.1 Å². The SMILES string of the molecule is Cc1cc(C=Nn2c(C(C)(C)C)nc3ccc(Br)cc3c2=O)c(C)n1-c1ccc(OCC#N)cc1. The van der Waals surface area contributed by atoms with Crippen LogP contribution in [0.25, 0.3) is 16.6 Å². The fraction of sp³-hybridized carbons (Fsp3) is 0.259. The number of benzene rings is 2. The molecule has 4 aromatic rings. The molecule has 4 rings (SSSR count). The van der Waals surface area contributed by atoms with Crippen molar-refractivity contribution in [1.82, 2.24) is 14.2 Å². The Morgan fingerprint density at radius 2 is 1.86 bits per heavy atom. The van der Waals surface area contributed by atoms with E-state index in [0.717, 1.165) is 27.1 Å². The first-order valence-corrected chi connectivity index (χ1v) is 12.0. The largest absolute Gasteiger partial charge is 0.479 e. The zero-order valence-corrected chi connectivity index (χ0v) is 21.9. The van der Waals surface area contributed by atoms with Crippen molar-refractivity contribution in [2.75, 3.05) is 6.61 Å². The lowest BCUT2D eigenvalue weighted by molar-refractivity contribution is 0.368. The van der Waals surface area contributed by atoms with Crippen molar-refractivity contribution in [3.8, 4) is 17.5 Å². The fourth-order valence-electron chi connectivity index (χ4n) is 3.98. The molecule has 35 heavy (non-hydrogen) atoms. The highest BCUT2D eigenvalue weighted by Crippen LogP contribution is 2.24. The van der Waals surface area contributed by atoms with Gasteiger partial charge in [-0.3, -0.25) is 4.79 Å². The molecule has 0 aliphatic carbocycles. The molecule has 2 aromatic heterocycles. The van der Waals surface area contributed by atoms with Crippen LogP contribution in [0.4, 0.5) is 0 Å². The summed E-state index contributed by atoms with van der Waals surface area (Å²) < 4.78 is 9.68. The predicted molar refractivity (Wildman–Crippen MR) is 142 cm³/mol. The molecule has 8 heteroatoms. The molecule has 0 radical (unpaired) electrons. The summed E-state index contributed by atoms with van der Waals surface area (Å²) in [5.74, 6) is 1.24. The number of aryl methyl sites for hydroxylation is 1. The van der Waals surface area contributed by atoms with Gasteiger partial charge in [-0.2, -0.15) is 15.0 Å². The first-order valence-electron chi connectivity index (χ1n) is 11.2. The Kier molecular flexibility index (Phi) is 6.64. The normalized spacial score (nSPS) is 11.8. The van der Waals surface area contributed by atoms with E-state index in [1.54, 1.807) is 12.3 Å². The predicted octanol–water partition coefficient (Wildman–Crippen LogP) is 5.65. The lowest BCUT2D eigenvalue weighted by atomic mass is 9.95. The minimum atomic E-state index is -0.385. The minimum Gasteiger partial charge on any atom is -0.479 e. The minimum absolute atomic E-state index is 0.0119. The van der Waals surface area contributed by atoms with Crippen LogP contribution in [-0.4, -0.2) is 27.0 Å². The third kappa shape index (κ3) is 4.91. The monoisotopic (exact) mass is 531 g/mol. The van der Waals surface area contributed by atoms with Crippen molar-refractivity contribution >= 4 is 33.0 Å². The maximum atomic E-state index is 13.4. The van der Waals surface area contributed by atoms with Crippen LogP contribution in [0.1, 0.15) is 43.5 Å². The average molecular weight is 532 g/mol. The van der Waals surface area contributed by atoms with Crippen LogP contribution in [0.2, 0.25) is 0 Å². The van der Waals surface area contributed by atoms with Crippen molar-refractivity contribution in [1.29, 1.82) is 5.26 Å². The van der Waals surface area contributed by atoms with Crippen molar-refractivity contribution in [2.24, 2.45) is 5.10 Å². The van der Waals surface area contributed by atoms with Crippen LogP contribution in [0, 0.1) is 25.2 Å². The van der Waals surface area contributed by atoms with E-state index in [0.29, 0.717) is 22.5 Å². The molecule has 2 heterocycles. The van der Waals surface area contributed by atoms with Gasteiger partial charge in [-0.15, -0.1) is 0 Å². The number of nitrogens with zero attached hydrogens (tertiary/aromatic N) is 5. The van der Waals surface area contributed by atoms with Gasteiger partial charge in [-0.05, 0) is 62.4 Å². The van der Waals surface area contributed by atoms with Crippen molar-refractivity contribution in [3.63, 3.8) is 0 Å². The van der Waals surface area contributed by atoms with Crippen LogP contribution in [0.3, 0.4) is 0 Å². The number of fused-ring (bicyclic) bond motifs is 1. The zero-order valence-electron chi connectivity index (χ0n) is 20.3. The Bertz CT molecular complexity index is 1530. The molecule has 0 amide bonds. The van der Waals surface area contributed by atoms with Gasteiger partial charge < -0.3 is 9.30 Å². The summed E-state index contributed by atoms with van der Waals surface area (Å²) in [5.41, 5.74) is 3.93. The van der Waals surface area contributed by atoms with Crippen LogP contribution in [-0.2, 0) is 5.41 Å². The van der Waals surface area contributed by atoms with Gasteiger partial charge in [0.05, 0.1) is 17.1 Å². The Hall–Kier alpha value is -3.70. The van der Waals surface area contributed by atoms with Crippen LogP contribution in [0.15, 0.2) is 62.9 Å². The van der Waals surface area contributed by atoms with E-state index in [9.17, 15) is 4.79 Å². The second kappa shape index (κ2) is 9.51. The van der Waals surface area contributed by atoms with E-state index < -0.39 is 0 Å². The molecule has 0 saturated carbocycles. The summed E-state index contributed by atoms with van der Waals surface area (Å²) in [6.07, 6.45) is 1.71. The molecular weight excluding hydrogens is 506 g/mol. The lowest BCUT2D eigenvalue weighted by Gasteiger charge is -2.20. The number of aromatic nitrogens is 3. The van der Waals surface area contributed by atoms with Gasteiger partial charge in [0, 0.05) is 32.5 Å². The Labute approximate surface area is 212 Å². The second-order valence-electron chi connectivity index (χ2n) is 9.31. The fourth-order valence-corrected chi connectivity index (χ4v) is 4.35. The number of hydrogen-bond donors (Lipinski definition) is 0. The second-order valence-corrected chi connectivity index (χ2v) is 10.2. The molecule has 0 unspecified atom stereocenters. The van der Waals surface area contributed by atoms with Crippen molar-refractivity contribution in [2.45, 2.75) is 40.0 Å². The maximum Gasteiger partial charge on any atom is 0.282 e. The third-order valence-electron chi connectivity index (χ3n) is 5.66. The molecule has 0 saturated heterocycles. The van der Waals surface area contributed by atoms with Crippen LogP contribution >= 0.6 is 15.9 Å². The van der Waals surface area contributed by atoms with Crippen molar-refractivity contribution < 1.29 is 4.74 Å². The lowest BCUT2D eigenvalue weighted by Crippen LogP contribution is -2.29. The van der Waals surface area contributed by atoms with E-state index in [-0.39, 0.29) is 17.6 Å². The molecule has 2 aromatic carbocycles. The number of rotatable bonds is 5. The summed E-state index contributed by atoms with van der Waals surface area (Å²) in [4.78, 5) is 18.2. The molecular formula is C27H26BrN5O2. The summed E-state index contributed by atoms with van der Waals surface area (Å²) >= 11 is 3.44. The summed E-state index contributed by atoms with van der Waals surface area (Å²) in [5, 5.41) is 13.8. The molecule has 0 N–H and O–H groups in total. The smallest absolute Gasteiger partial charge is 0.282 e.